The van der Waals surface area contributed by atoms with E-state index < -0.39 is 6.03 Å². The van der Waals surface area contributed by atoms with Crippen LogP contribution in [0.15, 0.2) is 24.3 Å². The number of carbonyl (C=O) groups excluding carboxylic acids is 1. The molecule has 0 spiro atoms. The third-order valence-electron chi connectivity index (χ3n) is 3.17. The number of rotatable bonds is 7. The maximum absolute atomic E-state index is 12.1. The minimum absolute atomic E-state index is 0.216. The molecule has 0 saturated carbocycles. The maximum Gasteiger partial charge on any atom is 0.326 e. The van der Waals surface area contributed by atoms with E-state index in [1.807, 2.05) is 20.0 Å². The van der Waals surface area contributed by atoms with Crippen molar-refractivity contribution in [2.24, 2.45) is 0 Å². The predicted octanol–water partition coefficient (Wildman–Crippen LogP) is 3.76. The average Bonchev–Trinajstić information content (AvgIpc) is 2.54. The van der Waals surface area contributed by atoms with Crippen LogP contribution in [0.3, 0.4) is 0 Å². The highest BCUT2D eigenvalue weighted by Crippen LogP contribution is 2.25. The van der Waals surface area contributed by atoms with Crippen LogP contribution in [0.2, 0.25) is 10.0 Å². The molecule has 1 heterocycles. The molecule has 0 aliphatic heterocycles. The Kier molecular flexibility index (Phi) is 7.24. The zero-order chi connectivity index (χ0) is 18.2. The van der Waals surface area contributed by atoms with Gasteiger partial charge in [0.25, 0.3) is 0 Å². The lowest BCUT2D eigenvalue weighted by molar-refractivity contribution is 0.262. The van der Waals surface area contributed by atoms with E-state index in [1.54, 1.807) is 18.2 Å². The van der Waals surface area contributed by atoms with Crippen molar-refractivity contribution in [2.75, 3.05) is 36.1 Å². The molecular formula is C16H20Cl2N6O. The van der Waals surface area contributed by atoms with E-state index in [4.69, 9.17) is 23.2 Å². The summed E-state index contributed by atoms with van der Waals surface area (Å²) in [6.45, 7) is 3.52. The average molecular weight is 383 g/mol. The van der Waals surface area contributed by atoms with Gasteiger partial charge in [-0.1, -0.05) is 23.2 Å². The van der Waals surface area contributed by atoms with Gasteiger partial charge in [0, 0.05) is 24.0 Å². The lowest BCUT2D eigenvalue weighted by atomic mass is 10.3. The van der Waals surface area contributed by atoms with Crippen LogP contribution in [-0.4, -0.2) is 36.1 Å². The van der Waals surface area contributed by atoms with E-state index in [0.29, 0.717) is 21.6 Å². The summed E-state index contributed by atoms with van der Waals surface area (Å²) < 4.78 is 0. The molecule has 134 valence electrons. The van der Waals surface area contributed by atoms with Gasteiger partial charge in [-0.05, 0) is 45.1 Å². The summed E-state index contributed by atoms with van der Waals surface area (Å²) in [4.78, 5) is 20.6. The summed E-state index contributed by atoms with van der Waals surface area (Å²) in [5.41, 5.74) is 1.26. The monoisotopic (exact) mass is 382 g/mol. The van der Waals surface area contributed by atoms with E-state index in [9.17, 15) is 4.79 Å². The lowest BCUT2D eigenvalue weighted by Gasteiger charge is -2.10. The molecule has 4 N–H and O–H groups in total. The van der Waals surface area contributed by atoms with Crippen molar-refractivity contribution >= 4 is 46.7 Å². The second-order valence-electron chi connectivity index (χ2n) is 5.31. The van der Waals surface area contributed by atoms with Crippen molar-refractivity contribution < 1.29 is 4.79 Å². The van der Waals surface area contributed by atoms with Gasteiger partial charge in [0.1, 0.15) is 5.82 Å². The van der Waals surface area contributed by atoms with Crippen LogP contribution < -0.4 is 21.3 Å². The van der Waals surface area contributed by atoms with Crippen LogP contribution in [0, 0.1) is 6.92 Å². The molecule has 0 fully saturated rings. The topological polar surface area (TPSA) is 91.0 Å². The van der Waals surface area contributed by atoms with Gasteiger partial charge in [-0.3, -0.25) is 5.32 Å². The lowest BCUT2D eigenvalue weighted by Crippen LogP contribution is -2.21. The molecule has 1 aromatic carbocycles. The number of carbonyl (C=O) groups is 1. The number of hydrogen-bond donors (Lipinski definition) is 4. The minimum atomic E-state index is -0.467. The van der Waals surface area contributed by atoms with E-state index in [1.165, 1.54) is 0 Å². The van der Waals surface area contributed by atoms with Crippen LogP contribution in [0.4, 0.5) is 22.2 Å². The first-order chi connectivity index (χ1) is 12.0. The Morgan fingerprint density at radius 2 is 1.88 bits per heavy atom. The number of amides is 2. The van der Waals surface area contributed by atoms with E-state index in [0.717, 1.165) is 25.2 Å². The number of anilines is 3. The maximum atomic E-state index is 12.1. The van der Waals surface area contributed by atoms with Crippen LogP contribution in [0.5, 0.6) is 0 Å². The molecule has 0 atom stereocenters. The Morgan fingerprint density at radius 1 is 1.08 bits per heavy atom. The molecule has 1 aromatic heterocycles. The van der Waals surface area contributed by atoms with Gasteiger partial charge in [0.15, 0.2) is 0 Å². The van der Waals surface area contributed by atoms with Gasteiger partial charge in [-0.2, -0.15) is 4.98 Å². The van der Waals surface area contributed by atoms with Gasteiger partial charge in [0.05, 0.1) is 10.0 Å². The molecular weight excluding hydrogens is 363 g/mol. The number of nitrogens with zero attached hydrogens (tertiary/aromatic N) is 2. The number of halogens is 2. The van der Waals surface area contributed by atoms with E-state index in [-0.39, 0.29) is 5.95 Å². The van der Waals surface area contributed by atoms with Crippen LogP contribution in [-0.2, 0) is 0 Å². The van der Waals surface area contributed by atoms with Gasteiger partial charge in [-0.25, -0.2) is 9.78 Å². The third kappa shape index (κ3) is 6.38. The number of aryl methyl sites for hydroxylation is 1. The van der Waals surface area contributed by atoms with Gasteiger partial charge in [0.2, 0.25) is 5.95 Å². The van der Waals surface area contributed by atoms with Crippen LogP contribution in [0.25, 0.3) is 0 Å². The summed E-state index contributed by atoms with van der Waals surface area (Å²) in [7, 11) is 1.91. The molecule has 2 aromatic rings. The van der Waals surface area contributed by atoms with E-state index >= 15 is 0 Å². The smallest absolute Gasteiger partial charge is 0.326 e. The first-order valence-electron chi connectivity index (χ1n) is 7.75. The zero-order valence-electron chi connectivity index (χ0n) is 14.0. The summed E-state index contributed by atoms with van der Waals surface area (Å²) in [5.74, 6) is 0.877. The highest BCUT2D eigenvalue weighted by molar-refractivity contribution is 6.42. The normalized spacial score (nSPS) is 10.4. The standard InChI is InChI=1S/C16H20Cl2N6O/c1-10-8-14(20-7-3-6-19-2)23-15(21-10)24-16(25)22-11-4-5-12(17)13(18)9-11/h4-5,8-9,19H,3,6-7H2,1-2H3,(H3,20,21,22,23,24,25). The van der Waals surface area contributed by atoms with Crippen molar-refractivity contribution in [1.82, 2.24) is 15.3 Å². The van der Waals surface area contributed by atoms with Crippen molar-refractivity contribution in [2.45, 2.75) is 13.3 Å². The zero-order valence-corrected chi connectivity index (χ0v) is 15.5. The summed E-state index contributed by atoms with van der Waals surface area (Å²) in [6.07, 6.45) is 0.958. The Bertz CT molecular complexity index is 741. The molecule has 2 amide bonds. The van der Waals surface area contributed by atoms with Gasteiger partial charge < -0.3 is 16.0 Å². The summed E-state index contributed by atoms with van der Waals surface area (Å²) >= 11 is 11.8. The highest BCUT2D eigenvalue weighted by atomic mass is 35.5. The third-order valence-corrected chi connectivity index (χ3v) is 3.91. The van der Waals surface area contributed by atoms with E-state index in [2.05, 4.69) is 31.2 Å². The molecule has 0 unspecified atom stereocenters. The molecule has 0 aliphatic rings. The molecule has 0 radical (unpaired) electrons. The molecule has 2 rings (SSSR count). The SMILES string of the molecule is CNCCCNc1cc(C)nc(NC(=O)Nc2ccc(Cl)c(Cl)c2)n1. The molecule has 9 heteroatoms. The van der Waals surface area contributed by atoms with Crippen molar-refractivity contribution in [1.29, 1.82) is 0 Å². The summed E-state index contributed by atoms with van der Waals surface area (Å²) in [6, 6.07) is 6.18. The quantitative estimate of drug-likeness (QED) is 0.547. The fourth-order valence-corrected chi connectivity index (χ4v) is 2.33. The molecule has 0 saturated heterocycles. The van der Waals surface area contributed by atoms with Crippen molar-refractivity contribution in [3.8, 4) is 0 Å². The number of urea groups is 1. The van der Waals surface area contributed by atoms with Crippen LogP contribution >= 0.6 is 23.2 Å². The highest BCUT2D eigenvalue weighted by Gasteiger charge is 2.08. The molecule has 7 nitrogen and oxygen atoms in total. The number of nitrogens with one attached hydrogen (secondary N) is 4. The number of benzene rings is 1. The fourth-order valence-electron chi connectivity index (χ4n) is 2.03. The molecule has 25 heavy (non-hydrogen) atoms. The van der Waals surface area contributed by atoms with Gasteiger partial charge in [-0.15, -0.1) is 0 Å². The van der Waals surface area contributed by atoms with Crippen molar-refractivity contribution in [3.63, 3.8) is 0 Å². The first-order valence-corrected chi connectivity index (χ1v) is 8.50. The number of hydrogen-bond acceptors (Lipinski definition) is 5. The Balaban J connectivity index is 1.97. The predicted molar refractivity (Wildman–Crippen MR) is 103 cm³/mol. The first kappa shape index (κ1) is 19.2. The van der Waals surface area contributed by atoms with Crippen LogP contribution in [0.1, 0.15) is 12.1 Å². The molecule has 0 bridgehead atoms. The van der Waals surface area contributed by atoms with Gasteiger partial charge >= 0.3 is 6.03 Å². The Labute approximate surface area is 156 Å². The fraction of sp³-hybridized carbons (Fsp3) is 0.312. The molecule has 0 aliphatic carbocycles. The number of aromatic nitrogens is 2. The largest absolute Gasteiger partial charge is 0.370 e. The Morgan fingerprint density at radius 3 is 2.60 bits per heavy atom. The summed E-state index contributed by atoms with van der Waals surface area (Å²) in [5, 5.41) is 12.3. The minimum Gasteiger partial charge on any atom is -0.370 e. The second kappa shape index (κ2) is 9.41. The second-order valence-corrected chi connectivity index (χ2v) is 6.12. The van der Waals surface area contributed by atoms with Crippen molar-refractivity contribution in [3.05, 3.63) is 40.0 Å². The Hall–Kier alpha value is -2.09.